The van der Waals surface area contributed by atoms with Crippen molar-refractivity contribution in [3.8, 4) is 11.5 Å². The molecule has 0 N–H and O–H groups in total. The summed E-state index contributed by atoms with van der Waals surface area (Å²) in [7, 11) is 0. The summed E-state index contributed by atoms with van der Waals surface area (Å²) in [6.45, 7) is 0. The third-order valence-electron chi connectivity index (χ3n) is 3.64. The lowest BCUT2D eigenvalue weighted by atomic mass is 10.1. The Labute approximate surface area is 147 Å². The van der Waals surface area contributed by atoms with Crippen LogP contribution in [0.1, 0.15) is 16.1 Å². The third-order valence-corrected chi connectivity index (χ3v) is 3.64. The molecule has 0 saturated heterocycles. The lowest BCUT2D eigenvalue weighted by Gasteiger charge is -2.08. The smallest absolute Gasteiger partial charge is 0.213 e. The summed E-state index contributed by atoms with van der Waals surface area (Å²) in [5.74, 6) is 0.0398. The summed E-state index contributed by atoms with van der Waals surface area (Å²) in [6.07, 6.45) is 6.10. The molecular weight excluding hydrogens is 337 g/mol. The van der Waals surface area contributed by atoms with Gasteiger partial charge in [0.25, 0.3) is 0 Å². The van der Waals surface area contributed by atoms with Crippen LogP contribution in [-0.4, -0.2) is 30.3 Å². The highest BCUT2D eigenvalue weighted by Crippen LogP contribution is 2.24. The number of pyridine rings is 3. The molecule has 0 aromatic carbocycles. The van der Waals surface area contributed by atoms with Crippen molar-refractivity contribution < 1.29 is 13.9 Å². The Hall–Kier alpha value is -3.68. The monoisotopic (exact) mass is 349 g/mol. The van der Waals surface area contributed by atoms with E-state index in [0.717, 1.165) is 0 Å². The minimum absolute atomic E-state index is 0.0589. The fourth-order valence-electron chi connectivity index (χ4n) is 2.52. The molecule has 4 heterocycles. The van der Waals surface area contributed by atoms with Crippen LogP contribution in [0.25, 0.3) is 5.65 Å². The number of ether oxygens (including phenoxy) is 1. The summed E-state index contributed by atoms with van der Waals surface area (Å²) in [4.78, 5) is 24.6. The molecule has 0 aliphatic heterocycles. The maximum Gasteiger partial charge on any atom is 0.213 e. The van der Waals surface area contributed by atoms with E-state index in [-0.39, 0.29) is 12.2 Å². The van der Waals surface area contributed by atoms with Crippen LogP contribution >= 0.6 is 0 Å². The highest BCUT2D eigenvalue weighted by molar-refractivity contribution is 6.02. The predicted octanol–water partition coefficient (Wildman–Crippen LogP) is 2.88. The summed E-state index contributed by atoms with van der Waals surface area (Å²) in [5, 5.41) is 4.07. The van der Waals surface area contributed by atoms with Gasteiger partial charge in [0.05, 0.1) is 30.1 Å². The van der Waals surface area contributed by atoms with E-state index in [9.17, 15) is 9.18 Å². The minimum atomic E-state index is -0.628. The summed E-state index contributed by atoms with van der Waals surface area (Å²) < 4.78 is 20.4. The fraction of sp³-hybridized carbons (Fsp3) is 0.0556. The Kier molecular flexibility index (Phi) is 4.06. The number of ketones is 1. The van der Waals surface area contributed by atoms with Crippen LogP contribution in [0.15, 0.2) is 61.3 Å². The van der Waals surface area contributed by atoms with Crippen LogP contribution < -0.4 is 4.74 Å². The van der Waals surface area contributed by atoms with Gasteiger partial charge in [-0.1, -0.05) is 6.07 Å². The highest BCUT2D eigenvalue weighted by atomic mass is 19.1. The van der Waals surface area contributed by atoms with Gasteiger partial charge in [0.15, 0.2) is 11.4 Å². The number of rotatable bonds is 5. The van der Waals surface area contributed by atoms with Gasteiger partial charge in [0.1, 0.15) is 17.8 Å². The molecule has 0 radical (unpaired) electrons. The minimum Gasteiger partial charge on any atom is -0.454 e. The SMILES string of the molecule is O=C(Cc1cccc(F)n1)c1cc(Oc2cccnc2)cn2ncnc12. The molecule has 0 aliphatic carbocycles. The first-order chi connectivity index (χ1) is 12.7. The molecule has 128 valence electrons. The number of halogens is 1. The maximum absolute atomic E-state index is 13.3. The highest BCUT2D eigenvalue weighted by Gasteiger charge is 2.16. The third kappa shape index (κ3) is 3.25. The van der Waals surface area contributed by atoms with Crippen molar-refractivity contribution in [1.82, 2.24) is 24.6 Å². The van der Waals surface area contributed by atoms with E-state index in [1.807, 2.05) is 0 Å². The molecule has 0 aliphatic rings. The van der Waals surface area contributed by atoms with Gasteiger partial charge < -0.3 is 4.74 Å². The van der Waals surface area contributed by atoms with E-state index in [1.54, 1.807) is 42.9 Å². The normalized spacial score (nSPS) is 10.8. The summed E-state index contributed by atoms with van der Waals surface area (Å²) >= 11 is 0. The number of carbonyl (C=O) groups is 1. The second kappa shape index (κ2) is 6.67. The van der Waals surface area contributed by atoms with Gasteiger partial charge in [0, 0.05) is 6.20 Å². The predicted molar refractivity (Wildman–Crippen MR) is 89.5 cm³/mol. The van der Waals surface area contributed by atoms with Gasteiger partial charge in [-0.2, -0.15) is 9.49 Å². The first kappa shape index (κ1) is 15.8. The molecule has 8 heteroatoms. The molecule has 0 fully saturated rings. The van der Waals surface area contributed by atoms with E-state index in [2.05, 4.69) is 20.1 Å². The molecule has 4 aromatic rings. The molecule has 7 nitrogen and oxygen atoms in total. The molecule has 4 aromatic heterocycles. The molecule has 0 amide bonds. The van der Waals surface area contributed by atoms with E-state index < -0.39 is 5.95 Å². The zero-order chi connectivity index (χ0) is 17.9. The van der Waals surface area contributed by atoms with Crippen molar-refractivity contribution in [2.45, 2.75) is 6.42 Å². The number of hydrogen-bond acceptors (Lipinski definition) is 6. The molecule has 4 rings (SSSR count). The fourth-order valence-corrected chi connectivity index (χ4v) is 2.52. The molecule has 0 spiro atoms. The molecular formula is C18H12FN5O2. The molecule has 0 atom stereocenters. The Bertz CT molecular complexity index is 1080. The number of hydrogen-bond donors (Lipinski definition) is 0. The molecule has 0 saturated carbocycles. The number of aromatic nitrogens is 5. The van der Waals surface area contributed by atoms with Crippen molar-refractivity contribution in [3.63, 3.8) is 0 Å². The number of Topliss-reactive ketones (excluding diaryl/α,β-unsaturated/α-hetero) is 1. The average Bonchev–Trinajstić information content (AvgIpc) is 3.10. The zero-order valence-electron chi connectivity index (χ0n) is 13.4. The Morgan fingerprint density at radius 2 is 2.12 bits per heavy atom. The molecule has 0 unspecified atom stereocenters. The van der Waals surface area contributed by atoms with Crippen LogP contribution in [0.5, 0.6) is 11.5 Å². The maximum atomic E-state index is 13.3. The molecule has 0 bridgehead atoms. The first-order valence-corrected chi connectivity index (χ1v) is 7.75. The van der Waals surface area contributed by atoms with Crippen molar-refractivity contribution in [3.05, 3.63) is 78.5 Å². The first-order valence-electron chi connectivity index (χ1n) is 7.75. The van der Waals surface area contributed by atoms with Gasteiger partial charge >= 0.3 is 0 Å². The summed E-state index contributed by atoms with van der Waals surface area (Å²) in [6, 6.07) is 9.41. The average molecular weight is 349 g/mol. The van der Waals surface area contributed by atoms with Crippen LogP contribution in [0.2, 0.25) is 0 Å². The Morgan fingerprint density at radius 1 is 1.19 bits per heavy atom. The van der Waals surface area contributed by atoms with Crippen LogP contribution in [0, 0.1) is 5.95 Å². The van der Waals surface area contributed by atoms with Crippen molar-refractivity contribution in [2.75, 3.05) is 0 Å². The van der Waals surface area contributed by atoms with Crippen LogP contribution in [-0.2, 0) is 6.42 Å². The van der Waals surface area contributed by atoms with Gasteiger partial charge in [-0.05, 0) is 30.3 Å². The van der Waals surface area contributed by atoms with E-state index in [0.29, 0.717) is 28.4 Å². The van der Waals surface area contributed by atoms with E-state index in [1.165, 1.54) is 23.0 Å². The van der Waals surface area contributed by atoms with Crippen LogP contribution in [0.4, 0.5) is 4.39 Å². The second-order valence-corrected chi connectivity index (χ2v) is 5.46. The van der Waals surface area contributed by atoms with Gasteiger partial charge in [-0.15, -0.1) is 0 Å². The topological polar surface area (TPSA) is 82.3 Å². The Morgan fingerprint density at radius 3 is 2.92 bits per heavy atom. The van der Waals surface area contributed by atoms with Gasteiger partial charge in [-0.25, -0.2) is 14.5 Å². The van der Waals surface area contributed by atoms with Crippen molar-refractivity contribution >= 4 is 11.4 Å². The quantitative estimate of drug-likeness (QED) is 0.407. The van der Waals surface area contributed by atoms with Crippen LogP contribution in [0.3, 0.4) is 0 Å². The largest absolute Gasteiger partial charge is 0.454 e. The van der Waals surface area contributed by atoms with E-state index >= 15 is 0 Å². The number of fused-ring (bicyclic) bond motifs is 1. The number of carbonyl (C=O) groups excluding carboxylic acids is 1. The number of nitrogens with zero attached hydrogens (tertiary/aromatic N) is 5. The van der Waals surface area contributed by atoms with Gasteiger partial charge in [-0.3, -0.25) is 9.78 Å². The Balaban J connectivity index is 1.69. The van der Waals surface area contributed by atoms with Gasteiger partial charge in [0.2, 0.25) is 5.95 Å². The second-order valence-electron chi connectivity index (χ2n) is 5.46. The molecule has 26 heavy (non-hydrogen) atoms. The summed E-state index contributed by atoms with van der Waals surface area (Å²) in [5.41, 5.74) is 1.05. The lowest BCUT2D eigenvalue weighted by molar-refractivity contribution is 0.0992. The zero-order valence-corrected chi connectivity index (χ0v) is 13.4. The lowest BCUT2D eigenvalue weighted by Crippen LogP contribution is -2.08. The standard InChI is InChI=1S/C18H12FN5O2/c19-17-5-1-3-12(23-17)7-16(25)15-8-14(10-24-18(15)21-11-22-24)26-13-4-2-6-20-9-13/h1-6,8-11H,7H2. The van der Waals surface area contributed by atoms with Crippen molar-refractivity contribution in [1.29, 1.82) is 0 Å². The van der Waals surface area contributed by atoms with Crippen molar-refractivity contribution in [2.24, 2.45) is 0 Å². The van der Waals surface area contributed by atoms with E-state index in [4.69, 9.17) is 4.74 Å².